The maximum Gasteiger partial charge on any atom is 0.321 e. The zero-order valence-electron chi connectivity index (χ0n) is 13.7. The summed E-state index contributed by atoms with van der Waals surface area (Å²) in [7, 11) is 1.52. The summed E-state index contributed by atoms with van der Waals surface area (Å²) in [6, 6.07) is 8.24. The second-order valence-electron chi connectivity index (χ2n) is 5.63. The van der Waals surface area contributed by atoms with Crippen molar-refractivity contribution in [2.75, 3.05) is 50.5 Å². The first-order chi connectivity index (χ1) is 11.7. The van der Waals surface area contributed by atoms with E-state index < -0.39 is 0 Å². The molecule has 7 nitrogen and oxygen atoms in total. The van der Waals surface area contributed by atoms with Crippen molar-refractivity contribution >= 4 is 23.2 Å². The summed E-state index contributed by atoms with van der Waals surface area (Å²) in [5.74, 6) is 0.855. The number of nitrogens with two attached hydrogens (primary N) is 1. The summed E-state index contributed by atoms with van der Waals surface area (Å²) >= 11 is 6.28. The van der Waals surface area contributed by atoms with Crippen molar-refractivity contribution in [2.24, 2.45) is 0 Å². The number of benzene rings is 1. The number of ether oxygens (including phenoxy) is 1. The van der Waals surface area contributed by atoms with Gasteiger partial charge in [0.25, 0.3) is 0 Å². The molecule has 1 saturated heterocycles. The van der Waals surface area contributed by atoms with E-state index in [4.69, 9.17) is 22.1 Å². The lowest BCUT2D eigenvalue weighted by atomic mass is 10.2. The van der Waals surface area contributed by atoms with Crippen LogP contribution >= 0.6 is 11.6 Å². The van der Waals surface area contributed by atoms with E-state index in [1.54, 1.807) is 0 Å². The van der Waals surface area contributed by atoms with E-state index in [2.05, 4.69) is 30.8 Å². The Kier molecular flexibility index (Phi) is 5.32. The van der Waals surface area contributed by atoms with Gasteiger partial charge in [-0.3, -0.25) is 4.90 Å². The number of nitrogens with zero attached hydrogens (tertiary/aromatic N) is 5. The van der Waals surface area contributed by atoms with Crippen LogP contribution in [0.15, 0.2) is 24.3 Å². The molecule has 8 heteroatoms. The fourth-order valence-corrected chi connectivity index (χ4v) is 3.05. The molecule has 0 aliphatic carbocycles. The Morgan fingerprint density at radius 1 is 1.12 bits per heavy atom. The van der Waals surface area contributed by atoms with E-state index in [0.29, 0.717) is 5.82 Å². The summed E-state index contributed by atoms with van der Waals surface area (Å²) in [4.78, 5) is 17.0. The van der Waals surface area contributed by atoms with E-state index in [1.165, 1.54) is 7.11 Å². The van der Waals surface area contributed by atoms with Crippen molar-refractivity contribution in [1.29, 1.82) is 0 Å². The third kappa shape index (κ3) is 4.04. The van der Waals surface area contributed by atoms with Crippen LogP contribution in [0.2, 0.25) is 5.02 Å². The fourth-order valence-electron chi connectivity index (χ4n) is 2.80. The Hall–Kier alpha value is -2.12. The topological polar surface area (TPSA) is 80.4 Å². The standard InChI is InChI=1S/C16H21ClN6O/c1-24-16-20-14(19-15(18)21-16)6-7-22-8-10-23(11-9-22)13-5-3-2-4-12(13)17/h2-5H,6-11H2,1H3,(H2,18,19,20,21). The largest absolute Gasteiger partial charge is 0.467 e. The van der Waals surface area contributed by atoms with Gasteiger partial charge in [0.2, 0.25) is 5.95 Å². The molecule has 0 spiro atoms. The maximum absolute atomic E-state index is 6.28. The minimum atomic E-state index is 0.195. The maximum atomic E-state index is 6.28. The quantitative estimate of drug-likeness (QED) is 0.876. The fraction of sp³-hybridized carbons (Fsp3) is 0.438. The van der Waals surface area contributed by atoms with Crippen molar-refractivity contribution in [3.63, 3.8) is 0 Å². The molecule has 2 heterocycles. The Morgan fingerprint density at radius 2 is 1.88 bits per heavy atom. The number of para-hydroxylation sites is 1. The van der Waals surface area contributed by atoms with Gasteiger partial charge in [0.1, 0.15) is 5.82 Å². The van der Waals surface area contributed by atoms with Gasteiger partial charge >= 0.3 is 6.01 Å². The van der Waals surface area contributed by atoms with Crippen molar-refractivity contribution in [1.82, 2.24) is 19.9 Å². The predicted molar refractivity (Wildman–Crippen MR) is 94.6 cm³/mol. The van der Waals surface area contributed by atoms with Crippen LogP contribution in [-0.2, 0) is 6.42 Å². The van der Waals surface area contributed by atoms with E-state index in [0.717, 1.165) is 49.9 Å². The molecular weight excluding hydrogens is 328 g/mol. The molecule has 3 rings (SSSR count). The van der Waals surface area contributed by atoms with Gasteiger partial charge in [-0.05, 0) is 12.1 Å². The van der Waals surface area contributed by atoms with Crippen LogP contribution in [0.1, 0.15) is 5.82 Å². The molecule has 0 saturated carbocycles. The van der Waals surface area contributed by atoms with Gasteiger partial charge < -0.3 is 15.4 Å². The Morgan fingerprint density at radius 3 is 2.58 bits per heavy atom. The van der Waals surface area contributed by atoms with Gasteiger partial charge in [-0.15, -0.1) is 0 Å². The Bertz CT molecular complexity index is 690. The number of aromatic nitrogens is 3. The number of hydrogen-bond donors (Lipinski definition) is 1. The molecule has 128 valence electrons. The summed E-state index contributed by atoms with van der Waals surface area (Å²) in [5, 5.41) is 0.804. The molecule has 0 amide bonds. The van der Waals surface area contributed by atoms with Crippen LogP contribution in [0, 0.1) is 0 Å². The highest BCUT2D eigenvalue weighted by atomic mass is 35.5. The van der Waals surface area contributed by atoms with Crippen LogP contribution in [0.5, 0.6) is 6.01 Å². The van der Waals surface area contributed by atoms with Crippen molar-refractivity contribution in [3.05, 3.63) is 35.1 Å². The van der Waals surface area contributed by atoms with Crippen molar-refractivity contribution in [2.45, 2.75) is 6.42 Å². The molecule has 0 radical (unpaired) electrons. The smallest absolute Gasteiger partial charge is 0.321 e. The molecule has 24 heavy (non-hydrogen) atoms. The minimum absolute atomic E-state index is 0.195. The summed E-state index contributed by atoms with van der Waals surface area (Å²) < 4.78 is 5.03. The van der Waals surface area contributed by atoms with Crippen LogP contribution in [-0.4, -0.2) is 59.7 Å². The molecule has 1 aliphatic heterocycles. The van der Waals surface area contributed by atoms with Gasteiger partial charge in [-0.2, -0.15) is 15.0 Å². The zero-order chi connectivity index (χ0) is 16.9. The number of methoxy groups -OCH3 is 1. The lowest BCUT2D eigenvalue weighted by Crippen LogP contribution is -2.47. The van der Waals surface area contributed by atoms with E-state index >= 15 is 0 Å². The molecule has 2 N–H and O–H groups in total. The second-order valence-corrected chi connectivity index (χ2v) is 6.03. The molecule has 0 bridgehead atoms. The third-order valence-electron chi connectivity index (χ3n) is 4.08. The molecule has 1 fully saturated rings. The second kappa shape index (κ2) is 7.63. The predicted octanol–water partition coefficient (Wildman–Crippen LogP) is 1.48. The molecule has 2 aromatic rings. The minimum Gasteiger partial charge on any atom is -0.467 e. The van der Waals surface area contributed by atoms with Gasteiger partial charge in [0.15, 0.2) is 0 Å². The number of halogens is 1. The number of anilines is 2. The highest BCUT2D eigenvalue weighted by molar-refractivity contribution is 6.33. The van der Waals surface area contributed by atoms with Gasteiger partial charge in [-0.1, -0.05) is 23.7 Å². The Balaban J connectivity index is 1.53. The van der Waals surface area contributed by atoms with Gasteiger partial charge in [0, 0.05) is 39.1 Å². The van der Waals surface area contributed by atoms with Gasteiger partial charge in [-0.25, -0.2) is 0 Å². The molecule has 0 atom stereocenters. The van der Waals surface area contributed by atoms with E-state index in [1.807, 2.05) is 18.2 Å². The first-order valence-electron chi connectivity index (χ1n) is 7.92. The average Bonchev–Trinajstić information content (AvgIpc) is 2.60. The van der Waals surface area contributed by atoms with Gasteiger partial charge in [0.05, 0.1) is 17.8 Å². The molecule has 1 aromatic heterocycles. The number of piperazine rings is 1. The van der Waals surface area contributed by atoms with Crippen LogP contribution in [0.3, 0.4) is 0 Å². The molecule has 0 unspecified atom stereocenters. The zero-order valence-corrected chi connectivity index (χ0v) is 14.4. The third-order valence-corrected chi connectivity index (χ3v) is 4.40. The summed E-state index contributed by atoms with van der Waals surface area (Å²) in [5.41, 5.74) is 6.77. The van der Waals surface area contributed by atoms with Crippen LogP contribution < -0.4 is 15.4 Å². The summed E-state index contributed by atoms with van der Waals surface area (Å²) in [6.07, 6.45) is 0.717. The number of rotatable bonds is 5. The average molecular weight is 349 g/mol. The lowest BCUT2D eigenvalue weighted by molar-refractivity contribution is 0.259. The normalized spacial score (nSPS) is 15.5. The monoisotopic (exact) mass is 348 g/mol. The van der Waals surface area contributed by atoms with E-state index in [-0.39, 0.29) is 12.0 Å². The molecular formula is C16H21ClN6O. The highest BCUT2D eigenvalue weighted by Gasteiger charge is 2.19. The first-order valence-corrected chi connectivity index (χ1v) is 8.30. The number of hydrogen-bond acceptors (Lipinski definition) is 7. The highest BCUT2D eigenvalue weighted by Crippen LogP contribution is 2.26. The summed E-state index contributed by atoms with van der Waals surface area (Å²) in [6.45, 7) is 4.73. The lowest BCUT2D eigenvalue weighted by Gasteiger charge is -2.36. The molecule has 1 aliphatic rings. The van der Waals surface area contributed by atoms with Crippen molar-refractivity contribution < 1.29 is 4.74 Å². The van der Waals surface area contributed by atoms with Crippen LogP contribution in [0.4, 0.5) is 11.6 Å². The Labute approximate surface area is 146 Å². The molecule has 1 aromatic carbocycles. The first kappa shape index (κ1) is 16.7. The van der Waals surface area contributed by atoms with Crippen molar-refractivity contribution in [3.8, 4) is 6.01 Å². The van der Waals surface area contributed by atoms with E-state index in [9.17, 15) is 0 Å². The number of nitrogen functional groups attached to an aromatic ring is 1. The van der Waals surface area contributed by atoms with Crippen LogP contribution in [0.25, 0.3) is 0 Å². The SMILES string of the molecule is COc1nc(N)nc(CCN2CCN(c3ccccc3Cl)CC2)n1.